The van der Waals surface area contributed by atoms with E-state index in [0.29, 0.717) is 16.9 Å². The average Bonchev–Trinajstić information content (AvgIpc) is 2.63. The van der Waals surface area contributed by atoms with E-state index in [-0.39, 0.29) is 17.5 Å². The standard InChI is InChI=1S/C22H26FN3O4/c1-13(2)19(27)24-15-8-6-14(7-9-15)20(28)25-16-10-11-17(23)18(12-16)26-21(29)30-22(3,4)5/h6-13H,1-5H3,(H,24,27)(H,25,28)(H,26,29). The molecule has 0 bridgehead atoms. The van der Waals surface area contributed by atoms with Crippen LogP contribution in [0.15, 0.2) is 42.5 Å². The molecule has 0 unspecified atom stereocenters. The minimum atomic E-state index is -0.802. The number of amides is 3. The highest BCUT2D eigenvalue weighted by molar-refractivity contribution is 6.05. The van der Waals surface area contributed by atoms with Crippen molar-refractivity contribution in [2.45, 2.75) is 40.2 Å². The Morgan fingerprint density at radius 3 is 2.07 bits per heavy atom. The topological polar surface area (TPSA) is 96.5 Å². The summed E-state index contributed by atoms with van der Waals surface area (Å²) in [5.41, 5.74) is 0.380. The van der Waals surface area contributed by atoms with E-state index in [4.69, 9.17) is 4.74 Å². The number of hydrogen-bond acceptors (Lipinski definition) is 4. The largest absolute Gasteiger partial charge is 0.444 e. The van der Waals surface area contributed by atoms with E-state index in [1.807, 2.05) is 0 Å². The molecular weight excluding hydrogens is 389 g/mol. The Hall–Kier alpha value is -3.42. The molecule has 3 amide bonds. The molecule has 0 fully saturated rings. The van der Waals surface area contributed by atoms with Gasteiger partial charge in [-0.25, -0.2) is 9.18 Å². The number of carbonyl (C=O) groups excluding carboxylic acids is 3. The van der Waals surface area contributed by atoms with Gasteiger partial charge in [-0.15, -0.1) is 0 Å². The van der Waals surface area contributed by atoms with Gasteiger partial charge in [0.2, 0.25) is 5.91 Å². The fourth-order valence-electron chi connectivity index (χ4n) is 2.31. The lowest BCUT2D eigenvalue weighted by Crippen LogP contribution is -2.27. The Morgan fingerprint density at radius 1 is 0.900 bits per heavy atom. The molecule has 30 heavy (non-hydrogen) atoms. The van der Waals surface area contributed by atoms with Crippen LogP contribution in [0.25, 0.3) is 0 Å². The van der Waals surface area contributed by atoms with Gasteiger partial charge in [-0.3, -0.25) is 14.9 Å². The minimum absolute atomic E-state index is 0.117. The predicted octanol–water partition coefficient (Wildman–Crippen LogP) is 5.02. The average molecular weight is 415 g/mol. The van der Waals surface area contributed by atoms with Crippen LogP contribution in [-0.2, 0) is 9.53 Å². The van der Waals surface area contributed by atoms with E-state index in [9.17, 15) is 18.8 Å². The molecule has 3 N–H and O–H groups in total. The normalized spacial score (nSPS) is 11.0. The lowest BCUT2D eigenvalue weighted by atomic mass is 10.1. The molecular formula is C22H26FN3O4. The van der Waals surface area contributed by atoms with Crippen molar-refractivity contribution in [3.05, 3.63) is 53.8 Å². The van der Waals surface area contributed by atoms with Crippen LogP contribution < -0.4 is 16.0 Å². The Kier molecular flexibility index (Phi) is 7.15. The zero-order valence-corrected chi connectivity index (χ0v) is 17.6. The Bertz CT molecular complexity index is 934. The van der Waals surface area contributed by atoms with Gasteiger partial charge in [0.15, 0.2) is 0 Å². The number of nitrogens with one attached hydrogen (secondary N) is 3. The van der Waals surface area contributed by atoms with Crippen molar-refractivity contribution in [2.24, 2.45) is 5.92 Å². The molecule has 2 rings (SSSR count). The van der Waals surface area contributed by atoms with E-state index < -0.39 is 23.4 Å². The molecule has 0 radical (unpaired) electrons. The smallest absolute Gasteiger partial charge is 0.412 e. The molecule has 0 aliphatic rings. The van der Waals surface area contributed by atoms with Gasteiger partial charge in [0.1, 0.15) is 11.4 Å². The van der Waals surface area contributed by atoms with Gasteiger partial charge >= 0.3 is 6.09 Å². The molecule has 0 saturated heterocycles. The monoisotopic (exact) mass is 415 g/mol. The van der Waals surface area contributed by atoms with Crippen molar-refractivity contribution in [3.63, 3.8) is 0 Å². The van der Waals surface area contributed by atoms with Gasteiger partial charge in [-0.05, 0) is 63.2 Å². The summed E-state index contributed by atoms with van der Waals surface area (Å²) in [6.07, 6.45) is -0.802. The number of anilines is 3. The summed E-state index contributed by atoms with van der Waals surface area (Å²) in [6, 6.07) is 10.2. The third kappa shape index (κ3) is 6.88. The first kappa shape index (κ1) is 22.9. The number of halogens is 1. The first-order valence-corrected chi connectivity index (χ1v) is 9.46. The van der Waals surface area contributed by atoms with Crippen molar-refractivity contribution in [1.82, 2.24) is 0 Å². The third-order valence-corrected chi connectivity index (χ3v) is 3.80. The first-order chi connectivity index (χ1) is 13.9. The second-order valence-electron chi connectivity index (χ2n) is 8.00. The fourth-order valence-corrected chi connectivity index (χ4v) is 2.31. The summed E-state index contributed by atoms with van der Waals surface area (Å²) < 4.78 is 19.1. The van der Waals surface area contributed by atoms with E-state index in [1.165, 1.54) is 12.1 Å². The van der Waals surface area contributed by atoms with E-state index in [2.05, 4.69) is 16.0 Å². The second kappa shape index (κ2) is 9.39. The van der Waals surface area contributed by atoms with Crippen molar-refractivity contribution in [2.75, 3.05) is 16.0 Å². The summed E-state index contributed by atoms with van der Waals surface area (Å²) in [5.74, 6) is -1.37. The fraction of sp³-hybridized carbons (Fsp3) is 0.318. The van der Waals surface area contributed by atoms with Crippen LogP contribution in [0, 0.1) is 11.7 Å². The lowest BCUT2D eigenvalue weighted by molar-refractivity contribution is -0.118. The quantitative estimate of drug-likeness (QED) is 0.639. The molecule has 7 nitrogen and oxygen atoms in total. The third-order valence-electron chi connectivity index (χ3n) is 3.80. The van der Waals surface area contributed by atoms with Gasteiger partial charge in [-0.2, -0.15) is 0 Å². The summed E-state index contributed by atoms with van der Waals surface area (Å²) in [7, 11) is 0. The van der Waals surface area contributed by atoms with Crippen molar-refractivity contribution in [3.8, 4) is 0 Å². The van der Waals surface area contributed by atoms with E-state index >= 15 is 0 Å². The van der Waals surface area contributed by atoms with Crippen molar-refractivity contribution < 1.29 is 23.5 Å². The molecule has 160 valence electrons. The number of carbonyl (C=O) groups is 3. The predicted molar refractivity (Wildman–Crippen MR) is 114 cm³/mol. The molecule has 0 aromatic heterocycles. The van der Waals surface area contributed by atoms with Crippen LogP contribution in [0.4, 0.5) is 26.2 Å². The number of benzene rings is 2. The summed E-state index contributed by atoms with van der Waals surface area (Å²) in [5, 5.41) is 7.71. The van der Waals surface area contributed by atoms with Crippen LogP contribution in [0.5, 0.6) is 0 Å². The SMILES string of the molecule is CC(C)C(=O)Nc1ccc(C(=O)Nc2ccc(F)c(NC(=O)OC(C)(C)C)c2)cc1. The maximum Gasteiger partial charge on any atom is 0.412 e. The highest BCUT2D eigenvalue weighted by Gasteiger charge is 2.18. The highest BCUT2D eigenvalue weighted by Crippen LogP contribution is 2.22. The lowest BCUT2D eigenvalue weighted by Gasteiger charge is -2.20. The molecule has 0 spiro atoms. The Labute approximate surface area is 175 Å². The van der Waals surface area contributed by atoms with Gasteiger partial charge in [0.05, 0.1) is 5.69 Å². The first-order valence-electron chi connectivity index (χ1n) is 9.46. The summed E-state index contributed by atoms with van der Waals surface area (Å²) in [4.78, 5) is 36.1. The zero-order valence-electron chi connectivity index (χ0n) is 17.6. The Balaban J connectivity index is 2.06. The van der Waals surface area contributed by atoms with Crippen LogP contribution in [0.1, 0.15) is 45.0 Å². The van der Waals surface area contributed by atoms with Gasteiger partial charge in [-0.1, -0.05) is 13.8 Å². The highest BCUT2D eigenvalue weighted by atomic mass is 19.1. The molecule has 0 atom stereocenters. The zero-order chi connectivity index (χ0) is 22.5. The van der Waals surface area contributed by atoms with Crippen LogP contribution >= 0.6 is 0 Å². The maximum atomic E-state index is 14.0. The summed E-state index contributed by atoms with van der Waals surface area (Å²) in [6.45, 7) is 8.65. The van der Waals surface area contributed by atoms with Gasteiger partial charge in [0, 0.05) is 22.9 Å². The van der Waals surface area contributed by atoms with Crippen LogP contribution in [0.3, 0.4) is 0 Å². The van der Waals surface area contributed by atoms with Gasteiger partial charge < -0.3 is 15.4 Å². The molecule has 0 aliphatic carbocycles. The number of rotatable bonds is 5. The maximum absolute atomic E-state index is 14.0. The number of hydrogen-bond donors (Lipinski definition) is 3. The molecule has 0 heterocycles. The van der Waals surface area contributed by atoms with Crippen LogP contribution in [0.2, 0.25) is 0 Å². The molecule has 2 aromatic carbocycles. The molecule has 0 aliphatic heterocycles. The van der Waals surface area contributed by atoms with Crippen molar-refractivity contribution in [1.29, 1.82) is 0 Å². The van der Waals surface area contributed by atoms with E-state index in [0.717, 1.165) is 6.07 Å². The molecule has 2 aromatic rings. The van der Waals surface area contributed by atoms with Gasteiger partial charge in [0.25, 0.3) is 5.91 Å². The summed E-state index contributed by atoms with van der Waals surface area (Å²) >= 11 is 0. The minimum Gasteiger partial charge on any atom is -0.444 e. The Morgan fingerprint density at radius 2 is 1.50 bits per heavy atom. The molecule has 0 saturated carbocycles. The second-order valence-corrected chi connectivity index (χ2v) is 8.00. The molecule has 8 heteroatoms. The number of ether oxygens (including phenoxy) is 1. The van der Waals surface area contributed by atoms with E-state index in [1.54, 1.807) is 58.9 Å². The van der Waals surface area contributed by atoms with Crippen LogP contribution in [-0.4, -0.2) is 23.5 Å². The van der Waals surface area contributed by atoms with Crippen molar-refractivity contribution >= 4 is 35.0 Å².